The van der Waals surface area contributed by atoms with Crippen LogP contribution in [0.4, 0.5) is 0 Å². The molecule has 1 N–H and O–H groups in total. The monoisotopic (exact) mass is 353 g/mol. The lowest BCUT2D eigenvalue weighted by Gasteiger charge is -2.15. The summed E-state index contributed by atoms with van der Waals surface area (Å²) in [5.41, 5.74) is 2.48. The molecule has 0 spiro atoms. The van der Waals surface area contributed by atoms with Crippen LogP contribution in [-0.4, -0.2) is 6.54 Å². The van der Waals surface area contributed by atoms with E-state index in [1.165, 1.54) is 16.0 Å². The first-order chi connectivity index (χ1) is 9.60. The first kappa shape index (κ1) is 15.5. The molecule has 0 radical (unpaired) electrons. The lowest BCUT2D eigenvalue weighted by atomic mass is 10.1. The molecular formula is C16H20BrNOS. The molecule has 0 aliphatic carbocycles. The van der Waals surface area contributed by atoms with Gasteiger partial charge >= 0.3 is 0 Å². The number of thiophene rings is 1. The van der Waals surface area contributed by atoms with E-state index in [-0.39, 0.29) is 0 Å². The van der Waals surface area contributed by atoms with E-state index in [0.717, 1.165) is 16.1 Å². The fourth-order valence-electron chi connectivity index (χ4n) is 2.11. The van der Waals surface area contributed by atoms with E-state index in [4.69, 9.17) is 4.74 Å². The molecule has 0 saturated carbocycles. The molecule has 2 rings (SSSR count). The molecule has 20 heavy (non-hydrogen) atoms. The van der Waals surface area contributed by atoms with Crippen molar-refractivity contribution < 1.29 is 4.74 Å². The zero-order valence-electron chi connectivity index (χ0n) is 12.1. The van der Waals surface area contributed by atoms with Gasteiger partial charge in [0.25, 0.3) is 0 Å². The summed E-state index contributed by atoms with van der Waals surface area (Å²) in [5.74, 6) is 0.960. The predicted molar refractivity (Wildman–Crippen MR) is 89.6 cm³/mol. The zero-order chi connectivity index (χ0) is 14.5. The first-order valence-electron chi connectivity index (χ1n) is 6.81. The molecule has 2 nitrogen and oxygen atoms in total. The van der Waals surface area contributed by atoms with Crippen molar-refractivity contribution in [3.8, 4) is 5.75 Å². The predicted octanol–water partition coefficient (Wildman–Crippen LogP) is 5.07. The van der Waals surface area contributed by atoms with Crippen LogP contribution in [0, 0.1) is 6.92 Å². The highest BCUT2D eigenvalue weighted by atomic mass is 79.9. The van der Waals surface area contributed by atoms with Crippen molar-refractivity contribution in [1.29, 1.82) is 0 Å². The average Bonchev–Trinajstić information content (AvgIpc) is 2.83. The van der Waals surface area contributed by atoms with Gasteiger partial charge in [-0.2, -0.15) is 0 Å². The van der Waals surface area contributed by atoms with Crippen LogP contribution >= 0.6 is 27.3 Å². The van der Waals surface area contributed by atoms with E-state index < -0.39 is 0 Å². The number of nitrogens with one attached hydrogen (secondary N) is 1. The maximum atomic E-state index is 5.90. The summed E-state index contributed by atoms with van der Waals surface area (Å²) in [5, 5.41) is 3.42. The van der Waals surface area contributed by atoms with Gasteiger partial charge < -0.3 is 10.1 Å². The zero-order valence-corrected chi connectivity index (χ0v) is 14.5. The summed E-state index contributed by atoms with van der Waals surface area (Å²) < 4.78 is 7.04. The molecule has 0 amide bonds. The van der Waals surface area contributed by atoms with Crippen LogP contribution in [0.15, 0.2) is 34.1 Å². The van der Waals surface area contributed by atoms with Crippen LogP contribution < -0.4 is 10.1 Å². The Labute approximate surface area is 133 Å². The summed E-state index contributed by atoms with van der Waals surface area (Å²) >= 11 is 5.18. The second kappa shape index (κ2) is 7.25. The van der Waals surface area contributed by atoms with Crippen molar-refractivity contribution in [2.24, 2.45) is 0 Å². The largest absolute Gasteiger partial charge is 0.488 e. The van der Waals surface area contributed by atoms with Gasteiger partial charge in [-0.3, -0.25) is 0 Å². The molecule has 1 aromatic carbocycles. The summed E-state index contributed by atoms with van der Waals surface area (Å²) in [7, 11) is 0. The van der Waals surface area contributed by atoms with Crippen LogP contribution in [-0.2, 0) is 6.61 Å². The Kier molecular flexibility index (Phi) is 5.64. The van der Waals surface area contributed by atoms with Gasteiger partial charge in [-0.25, -0.2) is 0 Å². The Bertz CT molecular complexity index is 567. The molecule has 1 heterocycles. The molecule has 0 aliphatic heterocycles. The van der Waals surface area contributed by atoms with Crippen molar-refractivity contribution in [1.82, 2.24) is 5.32 Å². The number of halogens is 1. The van der Waals surface area contributed by atoms with Gasteiger partial charge in [0.15, 0.2) is 0 Å². The number of hydrogen-bond donors (Lipinski definition) is 1. The van der Waals surface area contributed by atoms with Gasteiger partial charge in [0.05, 0.1) is 3.79 Å². The Hall–Kier alpha value is -0.840. The van der Waals surface area contributed by atoms with E-state index >= 15 is 0 Å². The summed E-state index contributed by atoms with van der Waals surface area (Å²) in [6.07, 6.45) is 0. The molecule has 0 fully saturated rings. The topological polar surface area (TPSA) is 21.3 Å². The Morgan fingerprint density at radius 2 is 2.10 bits per heavy atom. The molecule has 0 aliphatic rings. The van der Waals surface area contributed by atoms with Crippen LogP contribution in [0.5, 0.6) is 5.75 Å². The summed E-state index contributed by atoms with van der Waals surface area (Å²) in [6, 6.07) is 10.9. The van der Waals surface area contributed by atoms with Crippen LogP contribution in [0.25, 0.3) is 0 Å². The molecule has 108 valence electrons. The summed E-state index contributed by atoms with van der Waals surface area (Å²) in [4.78, 5) is 1.22. The van der Waals surface area contributed by atoms with Crippen molar-refractivity contribution >= 4 is 27.3 Å². The van der Waals surface area contributed by atoms with Crippen LogP contribution in [0.1, 0.15) is 35.9 Å². The molecule has 1 atom stereocenters. The van der Waals surface area contributed by atoms with E-state index in [9.17, 15) is 0 Å². The van der Waals surface area contributed by atoms with E-state index in [2.05, 4.69) is 72.3 Å². The number of rotatable bonds is 6. The fraction of sp³-hybridized carbons (Fsp3) is 0.375. The lowest BCUT2D eigenvalue weighted by Crippen LogP contribution is -2.17. The Morgan fingerprint density at radius 1 is 1.30 bits per heavy atom. The Balaban J connectivity index is 2.02. The maximum Gasteiger partial charge on any atom is 0.122 e. The van der Waals surface area contributed by atoms with Crippen LogP contribution in [0.3, 0.4) is 0 Å². The SMILES string of the molecule is CCNC(C)c1ccc(OCc2ccc(Br)s2)c(C)c1. The van der Waals surface area contributed by atoms with Gasteiger partial charge in [0.1, 0.15) is 12.4 Å². The second-order valence-corrected chi connectivity index (χ2v) is 7.35. The van der Waals surface area contributed by atoms with Crippen molar-refractivity contribution in [2.45, 2.75) is 33.4 Å². The normalized spacial score (nSPS) is 12.4. The van der Waals surface area contributed by atoms with Gasteiger partial charge in [-0.15, -0.1) is 11.3 Å². The molecular weight excluding hydrogens is 334 g/mol. The fourth-order valence-corrected chi connectivity index (χ4v) is 3.50. The van der Waals surface area contributed by atoms with Gasteiger partial charge in [-0.05, 0) is 65.6 Å². The molecule has 2 aromatic rings. The maximum absolute atomic E-state index is 5.90. The molecule has 1 unspecified atom stereocenters. The number of hydrogen-bond acceptors (Lipinski definition) is 3. The third-order valence-corrected chi connectivity index (χ3v) is 4.81. The second-order valence-electron chi connectivity index (χ2n) is 4.80. The number of benzene rings is 1. The van der Waals surface area contributed by atoms with E-state index in [0.29, 0.717) is 12.6 Å². The smallest absolute Gasteiger partial charge is 0.122 e. The average molecular weight is 354 g/mol. The van der Waals surface area contributed by atoms with E-state index in [1.54, 1.807) is 11.3 Å². The minimum absolute atomic E-state index is 0.376. The standard InChI is InChI=1S/C16H20BrNOS/c1-4-18-12(3)13-5-7-15(11(2)9-13)19-10-14-6-8-16(17)20-14/h5-9,12,18H,4,10H2,1-3H3. The van der Waals surface area contributed by atoms with Gasteiger partial charge in [0.2, 0.25) is 0 Å². The number of aryl methyl sites for hydroxylation is 1. The lowest BCUT2D eigenvalue weighted by molar-refractivity contribution is 0.307. The van der Waals surface area contributed by atoms with Crippen molar-refractivity contribution in [2.75, 3.05) is 6.54 Å². The minimum atomic E-state index is 0.376. The van der Waals surface area contributed by atoms with Gasteiger partial charge in [0, 0.05) is 10.9 Å². The third kappa shape index (κ3) is 4.08. The Morgan fingerprint density at radius 3 is 2.70 bits per heavy atom. The van der Waals surface area contributed by atoms with Crippen molar-refractivity contribution in [3.63, 3.8) is 0 Å². The highest BCUT2D eigenvalue weighted by molar-refractivity contribution is 9.11. The summed E-state index contributed by atoms with van der Waals surface area (Å²) in [6.45, 7) is 8.01. The molecule has 0 bridgehead atoms. The molecule has 4 heteroatoms. The molecule has 0 saturated heterocycles. The third-order valence-electron chi connectivity index (χ3n) is 3.21. The molecule has 1 aromatic heterocycles. The van der Waals surface area contributed by atoms with E-state index in [1.807, 2.05) is 0 Å². The quantitative estimate of drug-likeness (QED) is 0.782. The number of ether oxygens (including phenoxy) is 1. The highest BCUT2D eigenvalue weighted by Gasteiger charge is 2.07. The van der Waals surface area contributed by atoms with Crippen molar-refractivity contribution in [3.05, 3.63) is 50.1 Å². The van der Waals surface area contributed by atoms with Crippen LogP contribution in [0.2, 0.25) is 0 Å². The minimum Gasteiger partial charge on any atom is -0.488 e. The highest BCUT2D eigenvalue weighted by Crippen LogP contribution is 2.26. The first-order valence-corrected chi connectivity index (χ1v) is 8.42. The van der Waals surface area contributed by atoms with Gasteiger partial charge in [-0.1, -0.05) is 19.1 Å².